The predicted molar refractivity (Wildman–Crippen MR) is 72.0 cm³/mol. The van der Waals surface area contributed by atoms with Crippen LogP contribution in [0.4, 0.5) is 19.0 Å². The van der Waals surface area contributed by atoms with Gasteiger partial charge in [0.15, 0.2) is 0 Å². The highest BCUT2D eigenvalue weighted by molar-refractivity contribution is 6.29. The number of rotatable bonds is 1. The summed E-state index contributed by atoms with van der Waals surface area (Å²) in [6.07, 6.45) is 1.17. The van der Waals surface area contributed by atoms with Gasteiger partial charge in [0.2, 0.25) is 0 Å². The normalized spacial score (nSPS) is 26.7. The Morgan fingerprint density at radius 2 is 1.90 bits per heavy atom. The fourth-order valence-corrected chi connectivity index (χ4v) is 3.74. The van der Waals surface area contributed by atoms with E-state index in [1.807, 2.05) is 4.90 Å². The van der Waals surface area contributed by atoms with Crippen molar-refractivity contribution < 1.29 is 13.2 Å². The van der Waals surface area contributed by atoms with Crippen LogP contribution in [0.2, 0.25) is 5.15 Å². The van der Waals surface area contributed by atoms with Crippen molar-refractivity contribution >= 4 is 17.4 Å². The van der Waals surface area contributed by atoms with E-state index in [1.54, 1.807) is 0 Å². The lowest BCUT2D eigenvalue weighted by atomic mass is 9.92. The van der Waals surface area contributed by atoms with Crippen LogP contribution in [0.1, 0.15) is 37.7 Å². The van der Waals surface area contributed by atoms with Crippen LogP contribution in [0.25, 0.3) is 0 Å². The predicted octanol–water partition coefficient (Wildman–Crippen LogP) is 4.52. The van der Waals surface area contributed by atoms with Crippen LogP contribution in [0, 0.1) is 5.92 Å². The largest absolute Gasteiger partial charge is 0.416 e. The third kappa shape index (κ3) is 2.60. The molecular weight excluding hydrogens is 289 g/mol. The maximum atomic E-state index is 12.9. The third-order valence-electron chi connectivity index (χ3n) is 4.40. The van der Waals surface area contributed by atoms with Crippen LogP contribution >= 0.6 is 11.6 Å². The van der Waals surface area contributed by atoms with Gasteiger partial charge >= 0.3 is 6.18 Å². The second-order valence-corrected chi connectivity index (χ2v) is 6.02. The number of nitrogens with zero attached hydrogens (tertiary/aromatic N) is 2. The lowest BCUT2D eigenvalue weighted by molar-refractivity contribution is -0.137. The van der Waals surface area contributed by atoms with E-state index >= 15 is 0 Å². The second-order valence-electron chi connectivity index (χ2n) is 5.63. The van der Waals surface area contributed by atoms with Crippen LogP contribution in [-0.4, -0.2) is 17.6 Å². The number of fused-ring (bicyclic) bond motifs is 1. The van der Waals surface area contributed by atoms with Crippen molar-refractivity contribution in [3.63, 3.8) is 0 Å². The van der Waals surface area contributed by atoms with Gasteiger partial charge in [0.1, 0.15) is 11.0 Å². The first kappa shape index (κ1) is 14.0. The van der Waals surface area contributed by atoms with Gasteiger partial charge in [-0.2, -0.15) is 13.2 Å². The fraction of sp³-hybridized carbons (Fsp3) is 0.643. The number of piperidine rings is 1. The van der Waals surface area contributed by atoms with E-state index in [9.17, 15) is 13.2 Å². The number of anilines is 1. The number of aromatic nitrogens is 1. The minimum Gasteiger partial charge on any atom is -0.353 e. The van der Waals surface area contributed by atoms with Crippen molar-refractivity contribution in [1.29, 1.82) is 0 Å². The molecule has 110 valence electrons. The molecule has 0 bridgehead atoms. The van der Waals surface area contributed by atoms with Crippen molar-refractivity contribution in [1.82, 2.24) is 4.98 Å². The van der Waals surface area contributed by atoms with Gasteiger partial charge in [0.25, 0.3) is 0 Å². The summed E-state index contributed by atoms with van der Waals surface area (Å²) in [5.41, 5.74) is -0.715. The Balaban J connectivity index is 1.95. The standard InChI is InChI=1S/C14H16ClF3N2/c15-12-7-10(14(16,17)18)8-13(19-12)20-6-2-4-9-3-1-5-11(9)20/h7-9,11H,1-6H2. The lowest BCUT2D eigenvalue weighted by Crippen LogP contribution is -2.43. The van der Waals surface area contributed by atoms with Gasteiger partial charge in [0.05, 0.1) is 5.56 Å². The molecule has 2 unspecified atom stereocenters. The van der Waals surface area contributed by atoms with E-state index in [1.165, 1.54) is 12.8 Å². The topological polar surface area (TPSA) is 16.1 Å². The molecule has 2 nitrogen and oxygen atoms in total. The molecule has 2 atom stereocenters. The zero-order valence-corrected chi connectivity index (χ0v) is 11.7. The molecule has 3 rings (SSSR count). The molecule has 1 saturated carbocycles. The summed E-state index contributed by atoms with van der Waals surface area (Å²) >= 11 is 5.78. The molecule has 1 aliphatic heterocycles. The first-order chi connectivity index (χ1) is 9.45. The van der Waals surface area contributed by atoms with Crippen LogP contribution in [-0.2, 0) is 6.18 Å². The van der Waals surface area contributed by atoms with Crippen molar-refractivity contribution in [2.75, 3.05) is 11.4 Å². The van der Waals surface area contributed by atoms with Crippen molar-refractivity contribution in [3.8, 4) is 0 Å². The molecule has 20 heavy (non-hydrogen) atoms. The fourth-order valence-electron chi connectivity index (χ4n) is 3.53. The average Bonchev–Trinajstić information content (AvgIpc) is 2.84. The lowest BCUT2D eigenvalue weighted by Gasteiger charge is -2.38. The van der Waals surface area contributed by atoms with E-state index in [4.69, 9.17) is 11.6 Å². The van der Waals surface area contributed by atoms with E-state index in [-0.39, 0.29) is 5.15 Å². The Morgan fingerprint density at radius 1 is 1.15 bits per heavy atom. The molecule has 1 aromatic heterocycles. The first-order valence-corrected chi connectivity index (χ1v) is 7.34. The van der Waals surface area contributed by atoms with Crippen LogP contribution in [0.5, 0.6) is 0 Å². The van der Waals surface area contributed by atoms with Crippen molar-refractivity contribution in [3.05, 3.63) is 22.8 Å². The van der Waals surface area contributed by atoms with Gasteiger partial charge < -0.3 is 4.90 Å². The second kappa shape index (κ2) is 5.10. The Hall–Kier alpha value is -0.970. The van der Waals surface area contributed by atoms with E-state index in [0.29, 0.717) is 17.8 Å². The number of pyridine rings is 1. The third-order valence-corrected chi connectivity index (χ3v) is 4.59. The molecule has 2 fully saturated rings. The number of alkyl halides is 3. The summed E-state index contributed by atoms with van der Waals surface area (Å²) < 4.78 is 38.6. The Labute approximate surface area is 120 Å². The summed E-state index contributed by atoms with van der Waals surface area (Å²) in [7, 11) is 0. The molecular formula is C14H16ClF3N2. The highest BCUT2D eigenvalue weighted by atomic mass is 35.5. The van der Waals surface area contributed by atoms with Gasteiger partial charge in [-0.25, -0.2) is 4.98 Å². The SMILES string of the molecule is FC(F)(F)c1cc(Cl)nc(N2CCCC3CCCC32)c1. The zero-order chi connectivity index (χ0) is 14.3. The minimum atomic E-state index is -4.38. The van der Waals surface area contributed by atoms with Gasteiger partial charge in [-0.05, 0) is 43.7 Å². The summed E-state index contributed by atoms with van der Waals surface area (Å²) in [6.45, 7) is 0.770. The molecule has 2 heterocycles. The minimum absolute atomic E-state index is 0.0880. The molecule has 0 radical (unpaired) electrons. The van der Waals surface area contributed by atoms with Crippen LogP contribution < -0.4 is 4.90 Å². The molecule has 1 aliphatic carbocycles. The van der Waals surface area contributed by atoms with Gasteiger partial charge in [-0.3, -0.25) is 0 Å². The summed E-state index contributed by atoms with van der Waals surface area (Å²) in [4.78, 5) is 6.15. The Morgan fingerprint density at radius 3 is 2.65 bits per heavy atom. The summed E-state index contributed by atoms with van der Waals surface area (Å²) in [6, 6.07) is 2.35. The van der Waals surface area contributed by atoms with Crippen LogP contribution in [0.15, 0.2) is 12.1 Å². The van der Waals surface area contributed by atoms with Gasteiger partial charge in [0, 0.05) is 12.6 Å². The molecule has 2 aliphatic rings. The first-order valence-electron chi connectivity index (χ1n) is 6.96. The Bertz CT molecular complexity index is 504. The van der Waals surface area contributed by atoms with Crippen LogP contribution in [0.3, 0.4) is 0 Å². The molecule has 0 N–H and O–H groups in total. The van der Waals surface area contributed by atoms with Crippen molar-refractivity contribution in [2.24, 2.45) is 5.92 Å². The van der Waals surface area contributed by atoms with Crippen molar-refractivity contribution in [2.45, 2.75) is 44.3 Å². The highest BCUT2D eigenvalue weighted by Gasteiger charge is 2.37. The summed E-state index contributed by atoms with van der Waals surface area (Å²) in [5, 5.41) is -0.0880. The quantitative estimate of drug-likeness (QED) is 0.709. The number of halogens is 4. The smallest absolute Gasteiger partial charge is 0.353 e. The molecule has 1 aromatic rings. The van der Waals surface area contributed by atoms with E-state index in [0.717, 1.165) is 37.9 Å². The zero-order valence-electron chi connectivity index (χ0n) is 11.0. The molecule has 0 aromatic carbocycles. The Kier molecular flexibility index (Phi) is 3.56. The monoisotopic (exact) mass is 304 g/mol. The van der Waals surface area contributed by atoms with Gasteiger partial charge in [-0.15, -0.1) is 0 Å². The highest BCUT2D eigenvalue weighted by Crippen LogP contribution is 2.40. The number of hydrogen-bond acceptors (Lipinski definition) is 2. The molecule has 0 spiro atoms. The molecule has 6 heteroatoms. The summed E-state index contributed by atoms with van der Waals surface area (Å²) in [5.74, 6) is 0.972. The van der Waals surface area contributed by atoms with E-state index in [2.05, 4.69) is 4.98 Å². The molecule has 0 amide bonds. The maximum Gasteiger partial charge on any atom is 0.416 e. The van der Waals surface area contributed by atoms with E-state index < -0.39 is 11.7 Å². The molecule has 1 saturated heterocycles. The average molecular weight is 305 g/mol. The maximum absolute atomic E-state index is 12.9. The van der Waals surface area contributed by atoms with Gasteiger partial charge in [-0.1, -0.05) is 18.0 Å². The number of hydrogen-bond donors (Lipinski definition) is 0.